The van der Waals surface area contributed by atoms with Crippen LogP contribution in [-0.4, -0.2) is 30.1 Å². The molecule has 0 spiro atoms. The van der Waals surface area contributed by atoms with Gasteiger partial charge in [0.1, 0.15) is 5.78 Å². The lowest BCUT2D eigenvalue weighted by Crippen LogP contribution is -2.32. The largest absolute Gasteiger partial charge is 0.467 e. The fourth-order valence-corrected chi connectivity index (χ4v) is 0.547. The number of rotatable bonds is 3. The average molecular weight is 160 g/mol. The van der Waals surface area contributed by atoms with E-state index in [0.717, 1.165) is 0 Å². The molecular weight excluding hydrogens is 148 g/mol. The van der Waals surface area contributed by atoms with Crippen LogP contribution in [0.2, 0.25) is 0 Å². The number of methoxy groups -OCH3 is 1. The fraction of sp³-hybridized carbons (Fsp3) is 0.714. The van der Waals surface area contributed by atoms with Crippen molar-refractivity contribution in [2.24, 2.45) is 5.92 Å². The van der Waals surface area contributed by atoms with E-state index in [1.807, 2.05) is 0 Å². The number of esters is 1. The Kier molecular flexibility index (Phi) is 3.74. The number of hydrogen-bond donors (Lipinski definition) is 1. The van der Waals surface area contributed by atoms with E-state index in [1.54, 1.807) is 0 Å². The number of aliphatic hydroxyl groups is 1. The molecular formula is C7H12O4. The molecule has 0 aromatic carbocycles. The third-order valence-corrected chi connectivity index (χ3v) is 1.56. The molecule has 0 radical (unpaired) electrons. The first-order valence-electron chi connectivity index (χ1n) is 3.27. The summed E-state index contributed by atoms with van der Waals surface area (Å²) in [5.74, 6) is -1.70. The van der Waals surface area contributed by atoms with Crippen molar-refractivity contribution < 1.29 is 19.4 Å². The molecule has 0 aromatic rings. The van der Waals surface area contributed by atoms with Gasteiger partial charge in [-0.1, -0.05) is 6.92 Å². The third kappa shape index (κ3) is 2.67. The van der Waals surface area contributed by atoms with Gasteiger partial charge in [0, 0.05) is 0 Å². The van der Waals surface area contributed by atoms with E-state index in [-0.39, 0.29) is 5.78 Å². The van der Waals surface area contributed by atoms with Crippen molar-refractivity contribution >= 4 is 11.8 Å². The molecule has 0 fully saturated rings. The molecule has 1 N–H and O–H groups in total. The van der Waals surface area contributed by atoms with Gasteiger partial charge in [-0.25, -0.2) is 4.79 Å². The Labute approximate surface area is 65.2 Å². The number of carbonyl (C=O) groups excluding carboxylic acids is 2. The summed E-state index contributed by atoms with van der Waals surface area (Å²) in [6.07, 6.45) is -1.34. The van der Waals surface area contributed by atoms with Gasteiger partial charge in [-0.2, -0.15) is 0 Å². The molecule has 0 amide bonds. The molecule has 0 aliphatic rings. The molecule has 11 heavy (non-hydrogen) atoms. The maximum Gasteiger partial charge on any atom is 0.335 e. The summed E-state index contributed by atoms with van der Waals surface area (Å²) in [6.45, 7) is 2.79. The van der Waals surface area contributed by atoms with Crippen molar-refractivity contribution in [2.75, 3.05) is 7.11 Å². The summed E-state index contributed by atoms with van der Waals surface area (Å²) in [6, 6.07) is 0. The molecule has 4 heteroatoms. The second-order valence-corrected chi connectivity index (χ2v) is 2.37. The van der Waals surface area contributed by atoms with E-state index in [9.17, 15) is 9.59 Å². The van der Waals surface area contributed by atoms with Crippen molar-refractivity contribution in [1.82, 2.24) is 0 Å². The van der Waals surface area contributed by atoms with Crippen LogP contribution in [0.3, 0.4) is 0 Å². The summed E-state index contributed by atoms with van der Waals surface area (Å²) in [5.41, 5.74) is 0. The lowest BCUT2D eigenvalue weighted by atomic mass is 10.0. The summed E-state index contributed by atoms with van der Waals surface area (Å²) < 4.78 is 4.24. The first-order chi connectivity index (χ1) is 5.00. The number of carbonyl (C=O) groups is 2. The minimum absolute atomic E-state index is 0.233. The van der Waals surface area contributed by atoms with Gasteiger partial charge < -0.3 is 9.84 Å². The predicted octanol–water partition coefficient (Wildman–Crippen LogP) is -0.255. The molecule has 0 aliphatic heterocycles. The van der Waals surface area contributed by atoms with Crippen molar-refractivity contribution in [3.63, 3.8) is 0 Å². The lowest BCUT2D eigenvalue weighted by Gasteiger charge is -2.12. The highest BCUT2D eigenvalue weighted by Crippen LogP contribution is 2.05. The molecule has 0 saturated carbocycles. The minimum atomic E-state index is -1.34. The second kappa shape index (κ2) is 4.08. The Hall–Kier alpha value is -0.900. The summed E-state index contributed by atoms with van der Waals surface area (Å²) in [5, 5.41) is 9.06. The number of Topliss-reactive ketones (excluding diaryl/α,β-unsaturated/α-hetero) is 1. The Balaban J connectivity index is 4.12. The zero-order valence-corrected chi connectivity index (χ0v) is 6.83. The van der Waals surface area contributed by atoms with Crippen LogP contribution in [0.4, 0.5) is 0 Å². The standard InChI is InChI=1S/C7H12O4/c1-4(5(2)8)6(9)7(10)11-3/h4,6,9H,1-3H3. The summed E-state index contributed by atoms with van der Waals surface area (Å²) in [7, 11) is 1.17. The van der Waals surface area contributed by atoms with Crippen molar-refractivity contribution in [1.29, 1.82) is 0 Å². The van der Waals surface area contributed by atoms with Gasteiger partial charge in [0.15, 0.2) is 6.10 Å². The lowest BCUT2D eigenvalue weighted by molar-refractivity contribution is -0.155. The molecule has 0 aliphatic carbocycles. The maximum atomic E-state index is 10.6. The smallest absolute Gasteiger partial charge is 0.335 e. The van der Waals surface area contributed by atoms with Crippen LogP contribution < -0.4 is 0 Å². The third-order valence-electron chi connectivity index (χ3n) is 1.56. The van der Waals surface area contributed by atoms with Gasteiger partial charge in [0.2, 0.25) is 0 Å². The molecule has 0 heterocycles. The van der Waals surface area contributed by atoms with Crippen LogP contribution in [0, 0.1) is 5.92 Å². The highest BCUT2D eigenvalue weighted by molar-refractivity contribution is 5.86. The molecule has 0 bridgehead atoms. The zero-order valence-electron chi connectivity index (χ0n) is 6.83. The number of ether oxygens (including phenoxy) is 1. The van der Waals surface area contributed by atoms with Gasteiger partial charge in [-0.3, -0.25) is 4.79 Å². The topological polar surface area (TPSA) is 63.6 Å². The molecule has 0 rings (SSSR count). The van der Waals surface area contributed by atoms with Gasteiger partial charge in [-0.05, 0) is 6.92 Å². The Morgan fingerprint density at radius 3 is 2.18 bits per heavy atom. The quantitative estimate of drug-likeness (QED) is 0.578. The van der Waals surface area contributed by atoms with Crippen LogP contribution in [0.25, 0.3) is 0 Å². The first-order valence-corrected chi connectivity index (χ1v) is 3.27. The van der Waals surface area contributed by atoms with Gasteiger partial charge in [-0.15, -0.1) is 0 Å². The highest BCUT2D eigenvalue weighted by atomic mass is 16.5. The van der Waals surface area contributed by atoms with Crippen LogP contribution >= 0.6 is 0 Å². The van der Waals surface area contributed by atoms with E-state index in [1.165, 1.54) is 21.0 Å². The van der Waals surface area contributed by atoms with E-state index < -0.39 is 18.0 Å². The van der Waals surface area contributed by atoms with E-state index in [2.05, 4.69) is 4.74 Å². The Morgan fingerprint density at radius 1 is 1.45 bits per heavy atom. The second-order valence-electron chi connectivity index (χ2n) is 2.37. The summed E-state index contributed by atoms with van der Waals surface area (Å²) in [4.78, 5) is 21.3. The van der Waals surface area contributed by atoms with Gasteiger partial charge in [0.05, 0.1) is 13.0 Å². The molecule has 2 unspecified atom stereocenters. The molecule has 0 saturated heterocycles. The molecule has 2 atom stereocenters. The van der Waals surface area contributed by atoms with Crippen molar-refractivity contribution in [2.45, 2.75) is 20.0 Å². The average Bonchev–Trinajstić information content (AvgIpc) is 2.00. The number of ketones is 1. The van der Waals surface area contributed by atoms with Crippen LogP contribution in [0.15, 0.2) is 0 Å². The van der Waals surface area contributed by atoms with Crippen LogP contribution in [0.5, 0.6) is 0 Å². The van der Waals surface area contributed by atoms with Crippen molar-refractivity contribution in [3.8, 4) is 0 Å². The summed E-state index contributed by atoms with van der Waals surface area (Å²) >= 11 is 0. The Bertz CT molecular complexity index is 164. The van der Waals surface area contributed by atoms with E-state index in [4.69, 9.17) is 5.11 Å². The molecule has 4 nitrogen and oxygen atoms in total. The van der Waals surface area contributed by atoms with E-state index in [0.29, 0.717) is 0 Å². The minimum Gasteiger partial charge on any atom is -0.467 e. The van der Waals surface area contributed by atoms with Crippen LogP contribution in [-0.2, 0) is 14.3 Å². The highest BCUT2D eigenvalue weighted by Gasteiger charge is 2.25. The first kappa shape index (κ1) is 10.1. The van der Waals surface area contributed by atoms with Gasteiger partial charge in [0.25, 0.3) is 0 Å². The zero-order chi connectivity index (χ0) is 9.02. The SMILES string of the molecule is COC(=O)C(O)C(C)C(C)=O. The van der Waals surface area contributed by atoms with Crippen molar-refractivity contribution in [3.05, 3.63) is 0 Å². The Morgan fingerprint density at radius 2 is 1.91 bits per heavy atom. The normalized spacial score (nSPS) is 15.3. The maximum absolute atomic E-state index is 10.6. The molecule has 0 aromatic heterocycles. The monoisotopic (exact) mass is 160 g/mol. The van der Waals surface area contributed by atoms with Crippen LogP contribution in [0.1, 0.15) is 13.8 Å². The molecule has 64 valence electrons. The fourth-order valence-electron chi connectivity index (χ4n) is 0.547. The van der Waals surface area contributed by atoms with Gasteiger partial charge >= 0.3 is 5.97 Å². The predicted molar refractivity (Wildman–Crippen MR) is 37.9 cm³/mol. The number of hydrogen-bond acceptors (Lipinski definition) is 4. The van der Waals surface area contributed by atoms with E-state index >= 15 is 0 Å². The number of aliphatic hydroxyl groups excluding tert-OH is 1.